The third-order valence-corrected chi connectivity index (χ3v) is 1.54. The molecule has 0 aromatic rings. The van der Waals surface area contributed by atoms with E-state index in [4.69, 9.17) is 30.6 Å². The molecule has 7 nitrogen and oxygen atoms in total. The van der Waals surface area contributed by atoms with Gasteiger partial charge in [0.1, 0.15) is 18.0 Å². The van der Waals surface area contributed by atoms with Crippen molar-refractivity contribution in [2.24, 2.45) is 5.92 Å². The highest BCUT2D eigenvalue weighted by molar-refractivity contribution is 5.75. The molecule has 0 bridgehead atoms. The van der Waals surface area contributed by atoms with E-state index in [1.807, 2.05) is 13.8 Å². The molecule has 0 rings (SSSR count). The van der Waals surface area contributed by atoms with E-state index in [2.05, 4.69) is 0 Å². The Hall–Kier alpha value is -0.570. The number of carbonyl (C=O) groups excluding carboxylic acids is 1. The number of hydrogen-bond acceptors (Lipinski definition) is 7. The van der Waals surface area contributed by atoms with Gasteiger partial charge in [0.05, 0.1) is 26.4 Å². The average molecular weight is 284 g/mol. The number of ketones is 1. The van der Waals surface area contributed by atoms with Crippen molar-refractivity contribution in [2.45, 2.75) is 39.4 Å². The molecular weight excluding hydrogens is 256 g/mol. The fraction of sp³-hybridized carbons (Fsp3) is 0.917. The smallest absolute Gasteiger partial charge is 0.130 e. The van der Waals surface area contributed by atoms with E-state index in [1.165, 1.54) is 0 Å². The summed E-state index contributed by atoms with van der Waals surface area (Å²) in [7, 11) is 0. The van der Waals surface area contributed by atoms with E-state index in [0.29, 0.717) is 5.92 Å². The normalized spacial score (nSPS) is 9.89. The molecule has 0 aromatic carbocycles. The van der Waals surface area contributed by atoms with Crippen molar-refractivity contribution in [1.29, 1.82) is 0 Å². The molecule has 0 aliphatic heterocycles. The molecule has 0 amide bonds. The molecule has 19 heavy (non-hydrogen) atoms. The molecular formula is C12H28O7. The van der Waals surface area contributed by atoms with Crippen LogP contribution in [-0.4, -0.2) is 75.1 Å². The maximum atomic E-state index is 10.3. The first kappa shape index (κ1) is 23.5. The van der Waals surface area contributed by atoms with Crippen molar-refractivity contribution in [1.82, 2.24) is 0 Å². The molecule has 0 aliphatic rings. The largest absolute Gasteiger partial charge is 0.394 e. The fourth-order valence-corrected chi connectivity index (χ4v) is 0.690. The quantitative estimate of drug-likeness (QED) is 0.341. The Morgan fingerprint density at radius 2 is 1.11 bits per heavy atom. The molecule has 0 heterocycles. The highest BCUT2D eigenvalue weighted by atomic mass is 16.3. The minimum absolute atomic E-state index is 0.287. The maximum Gasteiger partial charge on any atom is 0.130 e. The maximum absolute atomic E-state index is 10.3. The van der Waals surface area contributed by atoms with E-state index < -0.39 is 12.2 Å². The molecule has 0 saturated heterocycles. The second kappa shape index (κ2) is 17.4. The lowest BCUT2D eigenvalue weighted by Gasteiger charge is -1.96. The Morgan fingerprint density at radius 3 is 1.11 bits per heavy atom. The monoisotopic (exact) mass is 284 g/mol. The van der Waals surface area contributed by atoms with E-state index in [0.717, 1.165) is 6.42 Å². The zero-order valence-electron chi connectivity index (χ0n) is 11.9. The summed E-state index contributed by atoms with van der Waals surface area (Å²) in [5, 5.41) is 48.0. The summed E-state index contributed by atoms with van der Waals surface area (Å²) in [6.07, 6.45) is -1.19. The van der Waals surface area contributed by atoms with E-state index in [1.54, 1.807) is 6.92 Å². The summed E-state index contributed by atoms with van der Waals surface area (Å²) < 4.78 is 0. The van der Waals surface area contributed by atoms with E-state index in [9.17, 15) is 4.79 Å². The van der Waals surface area contributed by atoms with Crippen LogP contribution in [0.1, 0.15) is 27.2 Å². The predicted molar refractivity (Wildman–Crippen MR) is 70.5 cm³/mol. The Bertz CT molecular complexity index is 167. The van der Waals surface area contributed by atoms with Crippen LogP contribution >= 0.6 is 0 Å². The number of aliphatic hydroxyl groups is 6. The summed E-state index contributed by atoms with van der Waals surface area (Å²) in [4.78, 5) is 10.3. The van der Waals surface area contributed by atoms with Crippen molar-refractivity contribution >= 4 is 5.78 Å². The van der Waals surface area contributed by atoms with Gasteiger partial charge in [0.15, 0.2) is 0 Å². The van der Waals surface area contributed by atoms with Gasteiger partial charge in [-0.3, -0.25) is 0 Å². The Morgan fingerprint density at radius 1 is 0.842 bits per heavy atom. The zero-order valence-corrected chi connectivity index (χ0v) is 11.9. The van der Waals surface area contributed by atoms with Gasteiger partial charge in [-0.15, -0.1) is 0 Å². The lowest BCUT2D eigenvalue weighted by molar-refractivity contribution is -0.117. The third-order valence-electron chi connectivity index (χ3n) is 1.54. The van der Waals surface area contributed by atoms with E-state index in [-0.39, 0.29) is 32.2 Å². The number of aliphatic hydroxyl groups excluding tert-OH is 6. The van der Waals surface area contributed by atoms with Crippen LogP contribution in [0, 0.1) is 5.92 Å². The fourth-order valence-electron chi connectivity index (χ4n) is 0.690. The van der Waals surface area contributed by atoms with Crippen LogP contribution in [0.5, 0.6) is 0 Å². The van der Waals surface area contributed by atoms with Crippen molar-refractivity contribution in [3.8, 4) is 0 Å². The topological polar surface area (TPSA) is 138 Å². The summed E-state index contributed by atoms with van der Waals surface area (Å²) in [5.41, 5.74) is 0. The number of rotatable bonds is 6. The van der Waals surface area contributed by atoms with Gasteiger partial charge in [-0.05, 0) is 12.8 Å². The summed E-state index contributed by atoms with van der Waals surface area (Å²) >= 11 is 0. The van der Waals surface area contributed by atoms with Gasteiger partial charge in [0, 0.05) is 6.42 Å². The van der Waals surface area contributed by atoms with Crippen molar-refractivity contribution in [2.75, 3.05) is 26.4 Å². The molecule has 0 radical (unpaired) electrons. The number of hydrogen-bond donors (Lipinski definition) is 6. The Kier molecular flexibility index (Phi) is 21.6. The molecule has 118 valence electrons. The van der Waals surface area contributed by atoms with Gasteiger partial charge in [0.2, 0.25) is 0 Å². The molecule has 0 aromatic heterocycles. The van der Waals surface area contributed by atoms with Crippen molar-refractivity contribution in [3.63, 3.8) is 0 Å². The third kappa shape index (κ3) is 31.8. The number of carbonyl (C=O) groups is 1. The van der Waals surface area contributed by atoms with Crippen LogP contribution in [0.3, 0.4) is 0 Å². The lowest BCUT2D eigenvalue weighted by atomic mass is 10.1. The van der Waals surface area contributed by atoms with Crippen LogP contribution in [0.15, 0.2) is 0 Å². The molecule has 0 aliphatic carbocycles. The van der Waals surface area contributed by atoms with Gasteiger partial charge in [-0.1, -0.05) is 13.8 Å². The van der Waals surface area contributed by atoms with Gasteiger partial charge >= 0.3 is 0 Å². The van der Waals surface area contributed by atoms with Crippen LogP contribution in [-0.2, 0) is 4.79 Å². The molecule has 0 atom stereocenters. The first-order valence-electron chi connectivity index (χ1n) is 6.03. The van der Waals surface area contributed by atoms with Crippen molar-refractivity contribution < 1.29 is 35.4 Å². The van der Waals surface area contributed by atoms with Gasteiger partial charge in [0.25, 0.3) is 0 Å². The summed E-state index contributed by atoms with van der Waals surface area (Å²) in [6, 6.07) is 0. The molecule has 7 heteroatoms. The molecule has 0 fully saturated rings. The van der Waals surface area contributed by atoms with Gasteiger partial charge in [-0.2, -0.15) is 0 Å². The highest BCUT2D eigenvalue weighted by Gasteiger charge is 1.95. The van der Waals surface area contributed by atoms with Crippen LogP contribution in [0.25, 0.3) is 0 Å². The van der Waals surface area contributed by atoms with Gasteiger partial charge in [-0.25, -0.2) is 0 Å². The average Bonchev–Trinajstić information content (AvgIpc) is 2.36. The summed E-state index contributed by atoms with van der Waals surface area (Å²) in [6.45, 7) is 4.25. The minimum atomic E-state index is -0.954. The van der Waals surface area contributed by atoms with Gasteiger partial charge < -0.3 is 35.4 Å². The van der Waals surface area contributed by atoms with Crippen molar-refractivity contribution in [3.05, 3.63) is 0 Å². The predicted octanol–water partition coefficient (Wildman–Crippen LogP) is -1.71. The zero-order chi connectivity index (χ0) is 15.8. The Labute approximate surface area is 114 Å². The van der Waals surface area contributed by atoms with E-state index >= 15 is 0 Å². The minimum Gasteiger partial charge on any atom is -0.394 e. The Balaban J connectivity index is -0.000000203. The SMILES string of the molecule is CC(=O)CC(C)C.OCC(O)CO.OCC(O)CO. The molecule has 0 spiro atoms. The molecule has 0 saturated carbocycles. The summed E-state index contributed by atoms with van der Waals surface area (Å²) in [5.74, 6) is 0.813. The number of Topliss-reactive ketones (excluding diaryl/α,β-unsaturated/α-hetero) is 1. The molecule has 6 N–H and O–H groups in total. The standard InChI is InChI=1S/C6H12O.2C3H8O3/c1-5(2)4-6(3)7;2*4-1-3(6)2-5/h5H,4H2,1-3H3;2*3-6H,1-2H2. The van der Waals surface area contributed by atoms with Crippen LogP contribution < -0.4 is 0 Å². The highest BCUT2D eigenvalue weighted by Crippen LogP contribution is 1.97. The van der Waals surface area contributed by atoms with Crippen LogP contribution in [0.2, 0.25) is 0 Å². The first-order chi connectivity index (χ1) is 8.74. The van der Waals surface area contributed by atoms with Crippen LogP contribution in [0.4, 0.5) is 0 Å². The second-order valence-electron chi connectivity index (χ2n) is 4.34. The lowest BCUT2D eigenvalue weighted by Crippen LogP contribution is -2.15. The molecule has 0 unspecified atom stereocenters. The second-order valence-corrected chi connectivity index (χ2v) is 4.34. The first-order valence-corrected chi connectivity index (χ1v) is 6.03.